The van der Waals surface area contributed by atoms with Crippen molar-refractivity contribution >= 4 is 34.0 Å². The summed E-state index contributed by atoms with van der Waals surface area (Å²) >= 11 is 0. The fourth-order valence-corrected chi connectivity index (χ4v) is 4.09. The molecule has 3 heterocycles. The van der Waals surface area contributed by atoms with Crippen LogP contribution in [0.15, 0.2) is 35.5 Å². The van der Waals surface area contributed by atoms with E-state index in [-0.39, 0.29) is 5.91 Å². The van der Waals surface area contributed by atoms with Crippen molar-refractivity contribution < 1.29 is 4.79 Å². The number of fused-ring (bicyclic) bond motifs is 3. The molecule has 1 aliphatic rings. The van der Waals surface area contributed by atoms with Crippen LogP contribution in [-0.2, 0) is 11.2 Å². The summed E-state index contributed by atoms with van der Waals surface area (Å²) in [6.07, 6.45) is 2.37. The second-order valence-electron chi connectivity index (χ2n) is 7.58. The zero-order valence-corrected chi connectivity index (χ0v) is 16.6. The van der Waals surface area contributed by atoms with Gasteiger partial charge in [-0.25, -0.2) is 4.98 Å². The summed E-state index contributed by atoms with van der Waals surface area (Å²) in [6, 6.07) is 8.04. The van der Waals surface area contributed by atoms with Crippen LogP contribution in [0.1, 0.15) is 33.3 Å². The number of rotatable bonds is 4. The van der Waals surface area contributed by atoms with E-state index in [0.29, 0.717) is 18.8 Å². The molecule has 2 aromatic heterocycles. The number of nitrogen functional groups attached to an aromatic ring is 1. The molecule has 28 heavy (non-hydrogen) atoms. The Morgan fingerprint density at radius 1 is 1.32 bits per heavy atom. The van der Waals surface area contributed by atoms with Crippen molar-refractivity contribution in [1.29, 1.82) is 0 Å². The fraction of sp³-hybridized carbons (Fsp3) is 0.333. The quantitative estimate of drug-likeness (QED) is 0.728. The number of nitrogens with two attached hydrogens (primary N) is 1. The number of benzene rings is 1. The first-order valence-electron chi connectivity index (χ1n) is 9.41. The van der Waals surface area contributed by atoms with Crippen molar-refractivity contribution in [3.63, 3.8) is 0 Å². The molecular weight excluding hydrogens is 352 g/mol. The molecule has 0 bridgehead atoms. The zero-order valence-electron chi connectivity index (χ0n) is 16.6. The monoisotopic (exact) mass is 376 g/mol. The first kappa shape index (κ1) is 18.2. The number of nitrogens with one attached hydrogen (secondary N) is 1. The van der Waals surface area contributed by atoms with Crippen LogP contribution in [0, 0.1) is 0 Å². The predicted octanol–water partition coefficient (Wildman–Crippen LogP) is 3.48. The van der Waals surface area contributed by atoms with Gasteiger partial charge < -0.3 is 10.6 Å². The van der Waals surface area contributed by atoms with Crippen molar-refractivity contribution in [1.82, 2.24) is 20.1 Å². The van der Waals surface area contributed by atoms with Crippen LogP contribution < -0.4 is 5.73 Å². The van der Waals surface area contributed by atoms with Gasteiger partial charge in [0.25, 0.3) is 0 Å². The van der Waals surface area contributed by atoms with Crippen molar-refractivity contribution in [3.8, 4) is 11.3 Å². The second-order valence-corrected chi connectivity index (χ2v) is 7.58. The van der Waals surface area contributed by atoms with E-state index in [0.717, 1.165) is 39.1 Å². The van der Waals surface area contributed by atoms with Crippen LogP contribution in [0.3, 0.4) is 0 Å². The molecule has 0 saturated heterocycles. The first-order valence-corrected chi connectivity index (χ1v) is 9.41. The van der Waals surface area contributed by atoms with E-state index in [9.17, 15) is 4.79 Å². The maximum absolute atomic E-state index is 12.1. The number of aromatic nitrogens is 3. The Balaban J connectivity index is 1.78. The molecule has 0 aliphatic carbocycles. The molecule has 0 radical (unpaired) electrons. The number of anilines is 1. The maximum atomic E-state index is 12.1. The lowest BCUT2D eigenvalue weighted by Gasteiger charge is -2.37. The molecule has 3 N–H and O–H groups in total. The van der Waals surface area contributed by atoms with Crippen molar-refractivity contribution in [2.24, 2.45) is 4.99 Å². The molecular formula is C21H24N6O. The van der Waals surface area contributed by atoms with Crippen LogP contribution in [-0.4, -0.2) is 43.8 Å². The molecule has 0 spiro atoms. The lowest BCUT2D eigenvalue weighted by Crippen LogP contribution is -2.52. The normalized spacial score (nSPS) is 13.5. The summed E-state index contributed by atoms with van der Waals surface area (Å²) in [5, 5.41) is 8.02. The van der Waals surface area contributed by atoms with E-state index in [2.05, 4.69) is 21.2 Å². The van der Waals surface area contributed by atoms with Crippen LogP contribution in [0.5, 0.6) is 0 Å². The van der Waals surface area contributed by atoms with Crippen LogP contribution in [0.4, 0.5) is 11.5 Å². The Hall–Kier alpha value is -3.22. The smallest absolute Gasteiger partial charge is 0.220 e. The third-order valence-electron chi connectivity index (χ3n) is 5.57. The van der Waals surface area contributed by atoms with Gasteiger partial charge in [0.1, 0.15) is 11.5 Å². The van der Waals surface area contributed by atoms with Crippen molar-refractivity contribution in [3.05, 3.63) is 36.0 Å². The van der Waals surface area contributed by atoms with E-state index < -0.39 is 5.54 Å². The van der Waals surface area contributed by atoms with Gasteiger partial charge in [-0.05, 0) is 38.5 Å². The third kappa shape index (κ3) is 2.74. The molecule has 3 aromatic rings. The SMILES string of the molecule is CCN(C(C)=O)C(C)(C)C1=Nc2c(N)nc3cc(-c4ccn[nH]4)ccc3c2C1. The van der Waals surface area contributed by atoms with E-state index in [4.69, 9.17) is 10.7 Å². The Labute approximate surface area is 163 Å². The standard InChI is InChI=1S/C21H24N6O/c1-5-27(12(2)28)21(3,4)18-11-15-14-7-6-13(16-8-9-23-26-16)10-17(14)24-20(22)19(15)25-18/h6-10H,5,11H2,1-4H3,(H2,22,24)(H,23,26). The lowest BCUT2D eigenvalue weighted by atomic mass is 9.91. The van der Waals surface area contributed by atoms with Gasteiger partial charge in [0.2, 0.25) is 5.91 Å². The summed E-state index contributed by atoms with van der Waals surface area (Å²) in [7, 11) is 0. The highest BCUT2D eigenvalue weighted by Crippen LogP contribution is 2.40. The Kier molecular flexibility index (Phi) is 4.18. The minimum Gasteiger partial charge on any atom is -0.382 e. The number of H-pyrrole nitrogens is 1. The molecule has 7 heteroatoms. The summed E-state index contributed by atoms with van der Waals surface area (Å²) < 4.78 is 0. The van der Waals surface area contributed by atoms with E-state index >= 15 is 0 Å². The number of pyridine rings is 1. The highest BCUT2D eigenvalue weighted by atomic mass is 16.2. The summed E-state index contributed by atoms with van der Waals surface area (Å²) in [6.45, 7) is 8.26. The Morgan fingerprint density at radius 3 is 2.75 bits per heavy atom. The average molecular weight is 376 g/mol. The molecule has 0 unspecified atom stereocenters. The van der Waals surface area contributed by atoms with Crippen LogP contribution in [0.2, 0.25) is 0 Å². The van der Waals surface area contributed by atoms with Crippen LogP contribution >= 0.6 is 0 Å². The molecule has 7 nitrogen and oxygen atoms in total. The fourth-order valence-electron chi connectivity index (χ4n) is 4.09. The number of carbonyl (C=O) groups excluding carboxylic acids is 1. The molecule has 4 rings (SSSR count). The molecule has 1 aliphatic heterocycles. The second kappa shape index (κ2) is 6.44. The number of carbonyl (C=O) groups is 1. The number of hydrogen-bond donors (Lipinski definition) is 2. The largest absolute Gasteiger partial charge is 0.382 e. The van der Waals surface area contributed by atoms with Crippen molar-refractivity contribution in [2.75, 3.05) is 12.3 Å². The van der Waals surface area contributed by atoms with Gasteiger partial charge in [-0.2, -0.15) is 5.10 Å². The topological polar surface area (TPSA) is 100 Å². The Morgan fingerprint density at radius 2 is 2.11 bits per heavy atom. The van der Waals surface area contributed by atoms with Gasteiger partial charge in [0, 0.05) is 42.7 Å². The summed E-state index contributed by atoms with van der Waals surface area (Å²) in [5.41, 5.74) is 11.3. The average Bonchev–Trinajstić information content (AvgIpc) is 3.32. The number of amides is 1. The number of nitrogens with zero attached hydrogens (tertiary/aromatic N) is 4. The van der Waals surface area contributed by atoms with E-state index in [1.165, 1.54) is 0 Å². The Bertz CT molecular complexity index is 1100. The molecule has 0 fully saturated rings. The number of aromatic amines is 1. The molecule has 0 saturated carbocycles. The van der Waals surface area contributed by atoms with E-state index in [1.807, 2.05) is 43.9 Å². The highest BCUT2D eigenvalue weighted by Gasteiger charge is 2.37. The van der Waals surface area contributed by atoms with Gasteiger partial charge in [0.05, 0.1) is 16.7 Å². The minimum absolute atomic E-state index is 0.0336. The predicted molar refractivity (Wildman–Crippen MR) is 112 cm³/mol. The molecule has 144 valence electrons. The molecule has 0 atom stereocenters. The third-order valence-corrected chi connectivity index (χ3v) is 5.57. The number of hydrogen-bond acceptors (Lipinski definition) is 5. The van der Waals surface area contributed by atoms with Gasteiger partial charge in [0.15, 0.2) is 0 Å². The summed E-state index contributed by atoms with van der Waals surface area (Å²) in [4.78, 5) is 23.3. The first-order chi connectivity index (χ1) is 13.3. The molecule has 1 amide bonds. The van der Waals surface area contributed by atoms with Gasteiger partial charge >= 0.3 is 0 Å². The van der Waals surface area contributed by atoms with Gasteiger partial charge in [-0.3, -0.25) is 14.9 Å². The lowest BCUT2D eigenvalue weighted by molar-refractivity contribution is -0.131. The van der Waals surface area contributed by atoms with Crippen LogP contribution in [0.25, 0.3) is 22.2 Å². The minimum atomic E-state index is -0.492. The van der Waals surface area contributed by atoms with E-state index in [1.54, 1.807) is 13.1 Å². The number of aliphatic imine (C=N–C) groups is 1. The summed E-state index contributed by atoms with van der Waals surface area (Å²) in [5.74, 6) is 0.451. The van der Waals surface area contributed by atoms with Gasteiger partial charge in [-0.15, -0.1) is 0 Å². The van der Waals surface area contributed by atoms with Crippen molar-refractivity contribution in [2.45, 2.75) is 39.7 Å². The highest BCUT2D eigenvalue weighted by molar-refractivity contribution is 6.08. The van der Waals surface area contributed by atoms with Gasteiger partial charge in [-0.1, -0.05) is 12.1 Å². The zero-order chi connectivity index (χ0) is 20.1. The maximum Gasteiger partial charge on any atom is 0.220 e. The molecule has 1 aromatic carbocycles.